The van der Waals surface area contributed by atoms with Gasteiger partial charge in [0.05, 0.1) is 11.0 Å². The Hall–Kier alpha value is -1.73. The maximum atomic E-state index is 14.7. The number of alkyl halides is 1. The number of carbonyl (C=O) groups excluding carboxylic acids is 1. The van der Waals surface area contributed by atoms with Gasteiger partial charge in [-0.25, -0.2) is 4.39 Å². The van der Waals surface area contributed by atoms with E-state index in [4.69, 9.17) is 12.2 Å². The number of anilines is 1. The number of aromatic amines is 2. The maximum absolute atomic E-state index is 14.7. The summed E-state index contributed by atoms with van der Waals surface area (Å²) in [5, 5.41) is 2.67. The fourth-order valence-corrected chi connectivity index (χ4v) is 2.77. The SMILES string of the molecule is CN1CCC(F)(C(=O)Nc2ccc3[nH]c(=S)[nH]c3c2)CC1. The lowest BCUT2D eigenvalue weighted by Crippen LogP contribution is -2.47. The number of nitrogens with one attached hydrogen (secondary N) is 3. The molecule has 1 aromatic heterocycles. The van der Waals surface area contributed by atoms with E-state index in [-0.39, 0.29) is 12.8 Å². The number of H-pyrrole nitrogens is 2. The second-order valence-electron chi connectivity index (χ2n) is 5.56. The van der Waals surface area contributed by atoms with Gasteiger partial charge in [0, 0.05) is 31.6 Å². The summed E-state index contributed by atoms with van der Waals surface area (Å²) in [4.78, 5) is 20.2. The molecule has 112 valence electrons. The van der Waals surface area contributed by atoms with Crippen molar-refractivity contribution in [2.75, 3.05) is 25.5 Å². The average molecular weight is 308 g/mol. The molecule has 5 nitrogen and oxygen atoms in total. The van der Waals surface area contributed by atoms with E-state index in [1.54, 1.807) is 18.2 Å². The van der Waals surface area contributed by atoms with Crippen LogP contribution in [0.3, 0.4) is 0 Å². The lowest BCUT2D eigenvalue weighted by atomic mass is 9.92. The number of likely N-dealkylation sites (tertiary alicyclic amines) is 1. The normalized spacial score (nSPS) is 18.8. The summed E-state index contributed by atoms with van der Waals surface area (Å²) in [5.74, 6) is -0.566. The predicted octanol–water partition coefficient (Wildman–Crippen LogP) is 2.60. The molecule has 3 rings (SSSR count). The van der Waals surface area contributed by atoms with Gasteiger partial charge in [-0.1, -0.05) is 0 Å². The molecule has 1 aliphatic heterocycles. The van der Waals surface area contributed by atoms with Crippen LogP contribution in [-0.2, 0) is 4.79 Å². The van der Waals surface area contributed by atoms with E-state index in [1.807, 2.05) is 11.9 Å². The minimum Gasteiger partial charge on any atom is -0.331 e. The number of hydrogen-bond acceptors (Lipinski definition) is 3. The summed E-state index contributed by atoms with van der Waals surface area (Å²) in [6, 6.07) is 5.28. The van der Waals surface area contributed by atoms with E-state index in [2.05, 4.69) is 15.3 Å². The largest absolute Gasteiger partial charge is 0.331 e. The van der Waals surface area contributed by atoms with Gasteiger partial charge in [-0.2, -0.15) is 0 Å². The summed E-state index contributed by atoms with van der Waals surface area (Å²) >= 11 is 5.01. The standard InChI is InChI=1S/C14H17FN4OS/c1-19-6-4-14(15,5-7-19)12(20)16-9-2-3-10-11(8-9)18-13(21)17-10/h2-3,8H,4-7H2,1H3,(H,16,20)(H2,17,18,21). The molecule has 0 aliphatic carbocycles. The van der Waals surface area contributed by atoms with Crippen LogP contribution in [-0.4, -0.2) is 46.6 Å². The number of aromatic nitrogens is 2. The lowest BCUT2D eigenvalue weighted by molar-refractivity contribution is -0.130. The molecule has 7 heteroatoms. The van der Waals surface area contributed by atoms with Gasteiger partial charge in [0.15, 0.2) is 10.4 Å². The van der Waals surface area contributed by atoms with Gasteiger partial charge in [0.25, 0.3) is 5.91 Å². The third-order valence-electron chi connectivity index (χ3n) is 3.96. The fourth-order valence-electron chi connectivity index (χ4n) is 2.55. The summed E-state index contributed by atoms with van der Waals surface area (Å²) < 4.78 is 15.2. The Morgan fingerprint density at radius 1 is 1.33 bits per heavy atom. The lowest BCUT2D eigenvalue weighted by Gasteiger charge is -2.33. The Labute approximate surface area is 126 Å². The van der Waals surface area contributed by atoms with Crippen LogP contribution >= 0.6 is 12.2 Å². The molecular weight excluding hydrogens is 291 g/mol. The van der Waals surface area contributed by atoms with Gasteiger partial charge in [-0.15, -0.1) is 0 Å². The topological polar surface area (TPSA) is 63.9 Å². The van der Waals surface area contributed by atoms with Crippen LogP contribution in [0.25, 0.3) is 11.0 Å². The number of nitrogens with zero attached hydrogens (tertiary/aromatic N) is 1. The maximum Gasteiger partial charge on any atom is 0.262 e. The molecule has 1 aromatic carbocycles. The van der Waals surface area contributed by atoms with Crippen molar-refractivity contribution in [2.24, 2.45) is 0 Å². The minimum atomic E-state index is -1.79. The van der Waals surface area contributed by atoms with Crippen molar-refractivity contribution < 1.29 is 9.18 Å². The van der Waals surface area contributed by atoms with E-state index in [0.717, 1.165) is 11.0 Å². The zero-order chi connectivity index (χ0) is 15.0. The molecule has 0 radical (unpaired) electrons. The Morgan fingerprint density at radius 2 is 2.00 bits per heavy atom. The molecular formula is C14H17FN4OS. The molecule has 1 saturated heterocycles. The summed E-state index contributed by atoms with van der Waals surface area (Å²) in [6.07, 6.45) is 0.453. The Kier molecular flexibility index (Phi) is 3.54. The third kappa shape index (κ3) is 2.84. The fraction of sp³-hybridized carbons (Fsp3) is 0.429. The number of amides is 1. The number of fused-ring (bicyclic) bond motifs is 1. The van der Waals surface area contributed by atoms with Gasteiger partial charge < -0.3 is 20.2 Å². The number of piperidine rings is 1. The molecule has 1 fully saturated rings. The highest BCUT2D eigenvalue weighted by Crippen LogP contribution is 2.28. The molecule has 21 heavy (non-hydrogen) atoms. The van der Waals surface area contributed by atoms with Crippen molar-refractivity contribution in [1.82, 2.24) is 14.9 Å². The van der Waals surface area contributed by atoms with Gasteiger partial charge in [0.2, 0.25) is 0 Å². The summed E-state index contributed by atoms with van der Waals surface area (Å²) in [7, 11) is 1.93. The number of rotatable bonds is 2. The van der Waals surface area contributed by atoms with E-state index >= 15 is 0 Å². The van der Waals surface area contributed by atoms with E-state index in [1.165, 1.54) is 0 Å². The first-order valence-electron chi connectivity index (χ1n) is 6.87. The molecule has 2 aromatic rings. The molecule has 2 heterocycles. The van der Waals surface area contributed by atoms with Crippen molar-refractivity contribution in [3.63, 3.8) is 0 Å². The molecule has 0 spiro atoms. The van der Waals surface area contributed by atoms with Crippen LogP contribution in [0.1, 0.15) is 12.8 Å². The van der Waals surface area contributed by atoms with Gasteiger partial charge in [-0.3, -0.25) is 4.79 Å². The molecule has 1 amide bonds. The molecule has 0 bridgehead atoms. The second-order valence-corrected chi connectivity index (χ2v) is 5.97. The predicted molar refractivity (Wildman–Crippen MR) is 82.7 cm³/mol. The Balaban J connectivity index is 1.77. The first kappa shape index (κ1) is 14.2. The van der Waals surface area contributed by atoms with Crippen molar-refractivity contribution >= 4 is 34.8 Å². The van der Waals surface area contributed by atoms with Crippen LogP contribution in [0.2, 0.25) is 0 Å². The van der Waals surface area contributed by atoms with E-state index in [0.29, 0.717) is 23.5 Å². The average Bonchev–Trinajstić information content (AvgIpc) is 2.81. The molecule has 3 N–H and O–H groups in total. The van der Waals surface area contributed by atoms with E-state index in [9.17, 15) is 9.18 Å². The Bertz CT molecular complexity index is 730. The number of halogens is 1. The number of carbonyl (C=O) groups is 1. The van der Waals surface area contributed by atoms with Crippen molar-refractivity contribution in [2.45, 2.75) is 18.5 Å². The van der Waals surface area contributed by atoms with Gasteiger partial charge >= 0.3 is 0 Å². The second kappa shape index (κ2) is 5.23. The van der Waals surface area contributed by atoms with Gasteiger partial charge in [0.1, 0.15) is 0 Å². The highest BCUT2D eigenvalue weighted by molar-refractivity contribution is 7.71. The van der Waals surface area contributed by atoms with Gasteiger partial charge in [-0.05, 0) is 37.5 Å². The smallest absolute Gasteiger partial charge is 0.262 e. The molecule has 0 atom stereocenters. The van der Waals surface area contributed by atoms with Crippen molar-refractivity contribution in [1.29, 1.82) is 0 Å². The van der Waals surface area contributed by atoms with Crippen LogP contribution < -0.4 is 5.32 Å². The quantitative estimate of drug-likeness (QED) is 0.747. The number of benzene rings is 1. The van der Waals surface area contributed by atoms with Crippen LogP contribution in [0.4, 0.5) is 10.1 Å². The molecule has 1 aliphatic rings. The van der Waals surface area contributed by atoms with Crippen molar-refractivity contribution in [3.05, 3.63) is 23.0 Å². The van der Waals surface area contributed by atoms with Crippen LogP contribution in [0, 0.1) is 4.77 Å². The van der Waals surface area contributed by atoms with Crippen LogP contribution in [0.5, 0.6) is 0 Å². The number of imidazole rings is 1. The monoisotopic (exact) mass is 308 g/mol. The summed E-state index contributed by atoms with van der Waals surface area (Å²) in [5.41, 5.74) is 0.419. The zero-order valence-electron chi connectivity index (χ0n) is 11.7. The van der Waals surface area contributed by atoms with E-state index < -0.39 is 11.6 Å². The summed E-state index contributed by atoms with van der Waals surface area (Å²) in [6.45, 7) is 1.18. The Morgan fingerprint density at radius 3 is 2.71 bits per heavy atom. The highest BCUT2D eigenvalue weighted by Gasteiger charge is 2.41. The van der Waals surface area contributed by atoms with Crippen LogP contribution in [0.15, 0.2) is 18.2 Å². The minimum absolute atomic E-state index is 0.226. The third-order valence-corrected chi connectivity index (χ3v) is 4.16. The number of hydrogen-bond donors (Lipinski definition) is 3. The highest BCUT2D eigenvalue weighted by atomic mass is 32.1. The first-order chi connectivity index (χ1) is 9.96. The van der Waals surface area contributed by atoms with Crippen molar-refractivity contribution in [3.8, 4) is 0 Å². The zero-order valence-corrected chi connectivity index (χ0v) is 12.5. The molecule has 0 unspecified atom stereocenters. The first-order valence-corrected chi connectivity index (χ1v) is 7.28. The molecule has 0 saturated carbocycles.